The molecular weight excluding hydrogens is 353 g/mol. The average Bonchev–Trinajstić information content (AvgIpc) is 2.98. The standard InChI is InChI=1S/C17H12F3NO3.H3NO/c18-17(19,20)24-14-5-1-10(2-6-14)7-13-8-11-3-4-12(16(22)23)9-15(11)21-13;1-2/h1-6,8-9,21H,7H2,(H,22,23);2H,1H2. The number of ether oxygens (including phenoxy) is 1. The number of carboxylic acids is 1. The van der Waals surface area contributed by atoms with Gasteiger partial charge in [-0.2, -0.15) is 0 Å². The molecule has 3 rings (SSSR count). The summed E-state index contributed by atoms with van der Waals surface area (Å²) in [5.74, 6) is 2.22. The van der Waals surface area contributed by atoms with Crippen LogP contribution in [-0.2, 0) is 6.42 Å². The first-order chi connectivity index (χ1) is 12.3. The minimum absolute atomic E-state index is 0.185. The molecule has 26 heavy (non-hydrogen) atoms. The van der Waals surface area contributed by atoms with Crippen LogP contribution in [0, 0.1) is 0 Å². The van der Waals surface area contributed by atoms with Crippen molar-refractivity contribution in [1.82, 2.24) is 4.98 Å². The average molecular weight is 368 g/mol. The third-order valence-corrected chi connectivity index (χ3v) is 3.48. The SMILES string of the molecule is NO.O=C(O)c1ccc2cc(Cc3ccc(OC(F)(F)F)cc3)[nH]c2c1. The Labute approximate surface area is 145 Å². The zero-order valence-corrected chi connectivity index (χ0v) is 13.2. The number of rotatable bonds is 4. The van der Waals surface area contributed by atoms with Crippen molar-refractivity contribution < 1.29 is 33.0 Å². The maximum absolute atomic E-state index is 12.1. The predicted molar refractivity (Wildman–Crippen MR) is 87.2 cm³/mol. The number of carboxylic acid groups (broad SMARTS) is 1. The Hall–Kier alpha value is -3.04. The summed E-state index contributed by atoms with van der Waals surface area (Å²) in [5, 5.41) is 16.4. The number of nitrogens with two attached hydrogens (primary N) is 1. The fourth-order valence-electron chi connectivity index (χ4n) is 2.44. The molecule has 6 nitrogen and oxygen atoms in total. The van der Waals surface area contributed by atoms with E-state index in [-0.39, 0.29) is 11.3 Å². The van der Waals surface area contributed by atoms with Crippen LogP contribution in [0.1, 0.15) is 21.6 Å². The molecular formula is C17H15F3N2O4. The number of aromatic carboxylic acids is 1. The van der Waals surface area contributed by atoms with Gasteiger partial charge >= 0.3 is 12.3 Å². The Morgan fingerprint density at radius 3 is 2.31 bits per heavy atom. The van der Waals surface area contributed by atoms with E-state index in [1.54, 1.807) is 24.3 Å². The highest BCUT2D eigenvalue weighted by Gasteiger charge is 2.30. The van der Waals surface area contributed by atoms with Crippen molar-refractivity contribution in [2.24, 2.45) is 5.90 Å². The molecule has 2 aromatic carbocycles. The monoisotopic (exact) mass is 368 g/mol. The van der Waals surface area contributed by atoms with E-state index in [2.05, 4.69) is 15.6 Å². The molecule has 0 aliphatic rings. The fraction of sp³-hybridized carbons (Fsp3) is 0.118. The Balaban J connectivity index is 0.00000117. The molecule has 0 radical (unpaired) electrons. The molecule has 1 aromatic heterocycles. The maximum atomic E-state index is 12.1. The van der Waals surface area contributed by atoms with Crippen LogP contribution in [0.5, 0.6) is 5.75 Å². The molecule has 0 bridgehead atoms. The van der Waals surface area contributed by atoms with Crippen molar-refractivity contribution in [2.45, 2.75) is 12.8 Å². The lowest BCUT2D eigenvalue weighted by molar-refractivity contribution is -0.274. The first kappa shape index (κ1) is 19.3. The second-order valence-electron chi connectivity index (χ2n) is 5.27. The molecule has 3 aromatic rings. The molecule has 138 valence electrons. The van der Waals surface area contributed by atoms with Crippen LogP contribution in [0.3, 0.4) is 0 Å². The number of benzene rings is 2. The van der Waals surface area contributed by atoms with E-state index in [1.807, 2.05) is 6.07 Å². The molecule has 0 aliphatic carbocycles. The summed E-state index contributed by atoms with van der Waals surface area (Å²) in [7, 11) is 0. The van der Waals surface area contributed by atoms with Gasteiger partial charge in [-0.15, -0.1) is 13.2 Å². The molecule has 0 saturated carbocycles. The number of fused-ring (bicyclic) bond motifs is 1. The van der Waals surface area contributed by atoms with E-state index in [9.17, 15) is 18.0 Å². The number of nitrogens with one attached hydrogen (secondary N) is 1. The van der Waals surface area contributed by atoms with Gasteiger partial charge in [0.1, 0.15) is 5.75 Å². The maximum Gasteiger partial charge on any atom is 0.573 e. The van der Waals surface area contributed by atoms with Crippen molar-refractivity contribution in [2.75, 3.05) is 0 Å². The zero-order chi connectivity index (χ0) is 19.3. The summed E-state index contributed by atoms with van der Waals surface area (Å²) < 4.78 is 40.2. The van der Waals surface area contributed by atoms with Gasteiger partial charge in [0, 0.05) is 17.6 Å². The highest BCUT2D eigenvalue weighted by Crippen LogP contribution is 2.24. The lowest BCUT2D eigenvalue weighted by Crippen LogP contribution is -2.17. The minimum Gasteiger partial charge on any atom is -0.478 e. The van der Waals surface area contributed by atoms with Crippen molar-refractivity contribution in [3.8, 4) is 5.75 Å². The second-order valence-corrected chi connectivity index (χ2v) is 5.27. The van der Waals surface area contributed by atoms with E-state index < -0.39 is 12.3 Å². The largest absolute Gasteiger partial charge is 0.573 e. The Morgan fingerprint density at radius 2 is 1.73 bits per heavy atom. The first-order valence-corrected chi connectivity index (χ1v) is 7.25. The van der Waals surface area contributed by atoms with Gasteiger partial charge < -0.3 is 20.0 Å². The molecule has 0 saturated heterocycles. The van der Waals surface area contributed by atoms with Crippen molar-refractivity contribution in [3.63, 3.8) is 0 Å². The highest BCUT2D eigenvalue weighted by atomic mass is 19.4. The topological polar surface area (TPSA) is 109 Å². The number of alkyl halides is 3. The van der Waals surface area contributed by atoms with Crippen molar-refractivity contribution in [1.29, 1.82) is 0 Å². The minimum atomic E-state index is -4.71. The van der Waals surface area contributed by atoms with Crippen LogP contribution in [0.2, 0.25) is 0 Å². The van der Waals surface area contributed by atoms with Gasteiger partial charge in [-0.1, -0.05) is 18.2 Å². The van der Waals surface area contributed by atoms with Gasteiger partial charge in [-0.05, 0) is 41.3 Å². The highest BCUT2D eigenvalue weighted by molar-refractivity contribution is 5.93. The van der Waals surface area contributed by atoms with E-state index in [0.717, 1.165) is 16.6 Å². The third-order valence-electron chi connectivity index (χ3n) is 3.48. The van der Waals surface area contributed by atoms with E-state index in [1.165, 1.54) is 18.2 Å². The predicted octanol–water partition coefficient (Wildman–Crippen LogP) is 3.69. The van der Waals surface area contributed by atoms with Gasteiger partial charge in [-0.25, -0.2) is 10.7 Å². The molecule has 0 fully saturated rings. The normalized spacial score (nSPS) is 11.0. The van der Waals surface area contributed by atoms with Gasteiger partial charge in [0.15, 0.2) is 0 Å². The van der Waals surface area contributed by atoms with E-state index >= 15 is 0 Å². The zero-order valence-electron chi connectivity index (χ0n) is 13.2. The molecule has 1 heterocycles. The number of H-pyrrole nitrogens is 1. The van der Waals surface area contributed by atoms with E-state index in [0.29, 0.717) is 11.9 Å². The first-order valence-electron chi connectivity index (χ1n) is 7.25. The summed E-state index contributed by atoms with van der Waals surface area (Å²) in [6, 6.07) is 12.3. The number of hydrogen-bond acceptors (Lipinski definition) is 4. The number of carbonyl (C=O) groups is 1. The Kier molecular flexibility index (Phi) is 5.86. The van der Waals surface area contributed by atoms with Crippen LogP contribution < -0.4 is 10.6 Å². The molecule has 9 heteroatoms. The molecule has 5 N–H and O–H groups in total. The molecule has 0 atom stereocenters. The van der Waals surface area contributed by atoms with Crippen LogP contribution in [-0.4, -0.2) is 27.6 Å². The summed E-state index contributed by atoms with van der Waals surface area (Å²) in [6.07, 6.45) is -4.23. The summed E-state index contributed by atoms with van der Waals surface area (Å²) in [6.45, 7) is 0. The van der Waals surface area contributed by atoms with Crippen molar-refractivity contribution in [3.05, 3.63) is 65.4 Å². The quantitative estimate of drug-likeness (QED) is 0.525. The molecule has 0 spiro atoms. The lowest BCUT2D eigenvalue weighted by atomic mass is 10.1. The van der Waals surface area contributed by atoms with Crippen LogP contribution in [0.25, 0.3) is 10.9 Å². The lowest BCUT2D eigenvalue weighted by Gasteiger charge is -2.09. The van der Waals surface area contributed by atoms with Crippen LogP contribution >= 0.6 is 0 Å². The third kappa shape index (κ3) is 4.98. The smallest absolute Gasteiger partial charge is 0.478 e. The summed E-state index contributed by atoms with van der Waals surface area (Å²) >= 11 is 0. The van der Waals surface area contributed by atoms with Crippen LogP contribution in [0.15, 0.2) is 48.5 Å². The Morgan fingerprint density at radius 1 is 1.08 bits per heavy atom. The molecule has 0 unspecified atom stereocenters. The van der Waals surface area contributed by atoms with Gasteiger partial charge in [0.05, 0.1) is 5.56 Å². The number of aromatic nitrogens is 1. The molecule has 0 amide bonds. The van der Waals surface area contributed by atoms with Gasteiger partial charge in [0.25, 0.3) is 0 Å². The number of aromatic amines is 1. The molecule has 0 aliphatic heterocycles. The number of halogens is 3. The van der Waals surface area contributed by atoms with Gasteiger partial charge in [-0.3, -0.25) is 0 Å². The number of hydrogen-bond donors (Lipinski definition) is 4. The van der Waals surface area contributed by atoms with E-state index in [4.69, 9.17) is 10.3 Å². The van der Waals surface area contributed by atoms with Crippen LogP contribution in [0.4, 0.5) is 13.2 Å². The Bertz CT molecular complexity index is 889. The second kappa shape index (κ2) is 7.89. The fourth-order valence-corrected chi connectivity index (χ4v) is 2.44. The van der Waals surface area contributed by atoms with Crippen molar-refractivity contribution >= 4 is 16.9 Å². The summed E-state index contributed by atoms with van der Waals surface area (Å²) in [5.41, 5.74) is 2.51. The summed E-state index contributed by atoms with van der Waals surface area (Å²) in [4.78, 5) is 14.1. The van der Waals surface area contributed by atoms with Gasteiger partial charge in [0.2, 0.25) is 0 Å².